The molecule has 3 heterocycles. The molecule has 0 saturated carbocycles. The van der Waals surface area contributed by atoms with Crippen molar-refractivity contribution in [3.63, 3.8) is 0 Å². The highest BCUT2D eigenvalue weighted by atomic mass is 35.5. The summed E-state index contributed by atoms with van der Waals surface area (Å²) in [7, 11) is 1.66. The fraction of sp³-hybridized carbons (Fsp3) is 0.320. The molecule has 0 unspecified atom stereocenters. The van der Waals surface area contributed by atoms with Gasteiger partial charge in [0, 0.05) is 43.2 Å². The molecule has 1 aromatic heterocycles. The van der Waals surface area contributed by atoms with Gasteiger partial charge in [-0.1, -0.05) is 23.7 Å². The largest absolute Gasteiger partial charge is 0.416 e. The molecule has 2 aliphatic rings. The minimum absolute atomic E-state index is 0.0253. The summed E-state index contributed by atoms with van der Waals surface area (Å²) in [6.45, 7) is 2.75. The van der Waals surface area contributed by atoms with Crippen LogP contribution in [-0.4, -0.2) is 65.1 Å². The number of halogens is 4. The lowest BCUT2D eigenvalue weighted by Gasteiger charge is -2.34. The molecule has 37 heavy (non-hydrogen) atoms. The molecule has 12 heteroatoms. The normalized spacial score (nSPS) is 19.8. The number of aliphatic imine (C=N–C) groups is 1. The van der Waals surface area contributed by atoms with Crippen LogP contribution < -0.4 is 5.32 Å². The summed E-state index contributed by atoms with van der Waals surface area (Å²) in [4.78, 5) is 19.4. The van der Waals surface area contributed by atoms with E-state index in [0.717, 1.165) is 30.1 Å². The number of ether oxygens (including phenoxy) is 1. The second-order valence-corrected chi connectivity index (χ2v) is 10.2. The molecule has 7 nitrogen and oxygen atoms in total. The van der Waals surface area contributed by atoms with Crippen molar-refractivity contribution in [3.8, 4) is 0 Å². The van der Waals surface area contributed by atoms with E-state index < -0.39 is 11.7 Å². The zero-order valence-electron chi connectivity index (χ0n) is 19.8. The molecule has 0 spiro atoms. The number of hydrogen-bond acceptors (Lipinski definition) is 6. The van der Waals surface area contributed by atoms with E-state index in [-0.39, 0.29) is 29.1 Å². The van der Waals surface area contributed by atoms with Crippen molar-refractivity contribution in [2.24, 2.45) is 4.99 Å². The highest BCUT2D eigenvalue weighted by Gasteiger charge is 2.34. The van der Waals surface area contributed by atoms with Crippen molar-refractivity contribution in [1.29, 1.82) is 0 Å². The first-order valence-electron chi connectivity index (χ1n) is 11.5. The maximum atomic E-state index is 13.5. The molecule has 1 fully saturated rings. The third kappa shape index (κ3) is 5.69. The Labute approximate surface area is 220 Å². The Morgan fingerprint density at radius 2 is 2.11 bits per heavy atom. The van der Waals surface area contributed by atoms with Gasteiger partial charge in [-0.15, -0.1) is 0 Å². The number of amidine groups is 1. The molecule has 0 radical (unpaired) electrons. The van der Waals surface area contributed by atoms with Gasteiger partial charge in [0.2, 0.25) is 0 Å². The van der Waals surface area contributed by atoms with Crippen molar-refractivity contribution < 1.29 is 22.7 Å². The highest BCUT2D eigenvalue weighted by Crippen LogP contribution is 2.35. The molecule has 2 aliphatic heterocycles. The van der Waals surface area contributed by atoms with Crippen molar-refractivity contribution in [2.75, 3.05) is 33.4 Å². The van der Waals surface area contributed by atoms with Crippen molar-refractivity contribution in [2.45, 2.75) is 18.8 Å². The van der Waals surface area contributed by atoms with Crippen LogP contribution in [0.2, 0.25) is 5.02 Å². The van der Waals surface area contributed by atoms with Gasteiger partial charge in [-0.25, -0.2) is 0 Å². The third-order valence-corrected chi connectivity index (χ3v) is 7.44. The van der Waals surface area contributed by atoms with E-state index in [1.54, 1.807) is 25.4 Å². The standard InChI is InChI=1S/C25H23ClF3N5O2S/c1-36-14-19-13-33(7-6-30-19)24-32-23(35)22(37-24)9-15-2-5-21-17(8-15)11-31-34(21)12-16-3-4-18(26)10-20(16)25(27,28)29/h2-5,8-11,19,30H,6-7,12-14H2,1H3/t19-/m1/s1. The van der Waals surface area contributed by atoms with Gasteiger partial charge in [0.15, 0.2) is 5.17 Å². The average Bonchev–Trinajstić information content (AvgIpc) is 3.43. The fourth-order valence-corrected chi connectivity index (χ4v) is 5.55. The lowest BCUT2D eigenvalue weighted by molar-refractivity contribution is -0.138. The zero-order chi connectivity index (χ0) is 26.2. The lowest BCUT2D eigenvalue weighted by atomic mass is 10.1. The highest BCUT2D eigenvalue weighted by molar-refractivity contribution is 8.18. The number of piperazine rings is 1. The van der Waals surface area contributed by atoms with E-state index >= 15 is 0 Å². The van der Waals surface area contributed by atoms with Crippen molar-refractivity contribution in [3.05, 3.63) is 69.2 Å². The van der Waals surface area contributed by atoms with E-state index in [4.69, 9.17) is 16.3 Å². The fourth-order valence-electron chi connectivity index (χ4n) is 4.43. The number of rotatable bonds is 5. The number of amides is 1. The van der Waals surface area contributed by atoms with Gasteiger partial charge in [0.1, 0.15) is 0 Å². The molecule has 194 valence electrons. The first-order chi connectivity index (χ1) is 17.7. The summed E-state index contributed by atoms with van der Waals surface area (Å²) in [5.74, 6) is -0.292. The van der Waals surface area contributed by atoms with Crippen LogP contribution in [0.1, 0.15) is 16.7 Å². The summed E-state index contributed by atoms with van der Waals surface area (Å²) in [6.07, 6.45) is -1.15. The summed E-state index contributed by atoms with van der Waals surface area (Å²) in [6, 6.07) is 9.35. The SMILES string of the molecule is COC[C@H]1CN(C2=NC(=O)C(=Cc3ccc4c(cnn4Cc4ccc(Cl)cc4C(F)(F)F)c3)S2)CCN1. The quantitative estimate of drug-likeness (QED) is 0.467. The van der Waals surface area contributed by atoms with Crippen LogP contribution in [-0.2, 0) is 22.3 Å². The Balaban J connectivity index is 1.33. The first-order valence-corrected chi connectivity index (χ1v) is 12.7. The summed E-state index contributed by atoms with van der Waals surface area (Å²) in [5, 5.41) is 9.13. The maximum absolute atomic E-state index is 13.5. The van der Waals surface area contributed by atoms with E-state index in [1.165, 1.54) is 28.6 Å². The molecular weight excluding hydrogens is 527 g/mol. The second-order valence-electron chi connectivity index (χ2n) is 8.78. The Kier molecular flexibility index (Phi) is 7.30. The Morgan fingerprint density at radius 3 is 2.89 bits per heavy atom. The van der Waals surface area contributed by atoms with Gasteiger partial charge in [-0.05, 0) is 53.2 Å². The smallest absolute Gasteiger partial charge is 0.383 e. The Hall–Kier alpha value is -2.86. The molecule has 1 amide bonds. The van der Waals surface area contributed by atoms with Crippen LogP contribution in [0.15, 0.2) is 52.5 Å². The predicted octanol–water partition coefficient (Wildman–Crippen LogP) is 4.65. The average molecular weight is 550 g/mol. The minimum Gasteiger partial charge on any atom is -0.383 e. The number of carbonyl (C=O) groups is 1. The third-order valence-electron chi connectivity index (χ3n) is 6.16. The number of nitrogens with zero attached hydrogens (tertiary/aromatic N) is 4. The number of fused-ring (bicyclic) bond motifs is 1. The number of methoxy groups -OCH3 is 1. The number of thioether (sulfide) groups is 1. The molecule has 1 saturated heterocycles. The number of hydrogen-bond donors (Lipinski definition) is 1. The molecule has 3 aromatic rings. The monoisotopic (exact) mass is 549 g/mol. The summed E-state index contributed by atoms with van der Waals surface area (Å²) >= 11 is 7.14. The second kappa shape index (κ2) is 10.5. The predicted molar refractivity (Wildman–Crippen MR) is 139 cm³/mol. The van der Waals surface area contributed by atoms with Gasteiger partial charge in [0.05, 0.1) is 35.3 Å². The number of alkyl halides is 3. The number of aromatic nitrogens is 2. The van der Waals surface area contributed by atoms with Crippen LogP contribution in [0.3, 0.4) is 0 Å². The Bertz CT molecular complexity index is 1400. The summed E-state index contributed by atoms with van der Waals surface area (Å²) in [5.41, 5.74) is 0.749. The van der Waals surface area contributed by atoms with Gasteiger partial charge in [-0.2, -0.15) is 23.3 Å². The number of carbonyl (C=O) groups excluding carboxylic acids is 1. The molecule has 1 N–H and O–H groups in total. The molecule has 5 rings (SSSR count). The van der Waals surface area contributed by atoms with Crippen molar-refractivity contribution in [1.82, 2.24) is 20.0 Å². The Morgan fingerprint density at radius 1 is 1.27 bits per heavy atom. The number of benzene rings is 2. The van der Waals surface area contributed by atoms with Crippen LogP contribution in [0, 0.1) is 0 Å². The molecular formula is C25H23ClF3N5O2S. The van der Waals surface area contributed by atoms with Crippen LogP contribution in [0.4, 0.5) is 13.2 Å². The van der Waals surface area contributed by atoms with E-state index in [0.29, 0.717) is 28.7 Å². The van der Waals surface area contributed by atoms with E-state index in [9.17, 15) is 18.0 Å². The van der Waals surface area contributed by atoms with E-state index in [1.807, 2.05) is 12.1 Å². The van der Waals surface area contributed by atoms with Gasteiger partial charge in [-0.3, -0.25) is 9.48 Å². The van der Waals surface area contributed by atoms with Gasteiger partial charge in [0.25, 0.3) is 5.91 Å². The molecule has 0 bridgehead atoms. The van der Waals surface area contributed by atoms with Crippen LogP contribution in [0.5, 0.6) is 0 Å². The molecule has 2 aromatic carbocycles. The van der Waals surface area contributed by atoms with E-state index in [2.05, 4.69) is 20.3 Å². The van der Waals surface area contributed by atoms with Gasteiger partial charge < -0.3 is 15.0 Å². The topological polar surface area (TPSA) is 71.8 Å². The van der Waals surface area contributed by atoms with Crippen LogP contribution in [0.25, 0.3) is 17.0 Å². The number of nitrogens with one attached hydrogen (secondary N) is 1. The van der Waals surface area contributed by atoms with Crippen LogP contribution >= 0.6 is 23.4 Å². The molecule has 0 aliphatic carbocycles. The maximum Gasteiger partial charge on any atom is 0.416 e. The first kappa shape index (κ1) is 25.8. The van der Waals surface area contributed by atoms with Crippen molar-refractivity contribution >= 4 is 51.4 Å². The summed E-state index contributed by atoms with van der Waals surface area (Å²) < 4.78 is 47.3. The zero-order valence-corrected chi connectivity index (χ0v) is 21.3. The van der Waals surface area contributed by atoms with Gasteiger partial charge >= 0.3 is 6.18 Å². The molecule has 1 atom stereocenters. The lowest BCUT2D eigenvalue weighted by Crippen LogP contribution is -2.53. The minimum atomic E-state index is -4.52.